The molecule has 0 radical (unpaired) electrons. The van der Waals surface area contributed by atoms with E-state index in [1.54, 1.807) is 4.90 Å². The predicted molar refractivity (Wildman–Crippen MR) is 81.4 cm³/mol. The highest BCUT2D eigenvalue weighted by molar-refractivity contribution is 5.76. The maximum Gasteiger partial charge on any atom is 0.410 e. The molecule has 1 fully saturated rings. The fraction of sp³-hybridized carbons (Fsp3) is 0.471. The molecule has 0 aliphatic carbocycles. The van der Waals surface area contributed by atoms with E-state index in [-0.39, 0.29) is 12.1 Å². The number of rotatable bonds is 2. The summed E-state index contributed by atoms with van der Waals surface area (Å²) in [6.45, 7) is 10.6. The SMILES string of the molecule is C=C(c1ccccc1)C1CCCN1C(=O)OC(C)(C)C. The van der Waals surface area contributed by atoms with Crippen LogP contribution >= 0.6 is 0 Å². The van der Waals surface area contributed by atoms with Crippen molar-refractivity contribution >= 4 is 11.7 Å². The average Bonchev–Trinajstić information content (AvgIpc) is 2.86. The van der Waals surface area contributed by atoms with Gasteiger partial charge in [-0.25, -0.2) is 4.79 Å². The molecule has 0 saturated carbocycles. The van der Waals surface area contributed by atoms with Crippen LogP contribution in [0.25, 0.3) is 5.57 Å². The maximum absolute atomic E-state index is 12.3. The van der Waals surface area contributed by atoms with Crippen molar-refractivity contribution in [1.29, 1.82) is 0 Å². The second-order valence-electron chi connectivity index (χ2n) is 6.22. The second-order valence-corrected chi connectivity index (χ2v) is 6.22. The predicted octanol–water partition coefficient (Wildman–Crippen LogP) is 4.10. The number of carbonyl (C=O) groups is 1. The highest BCUT2D eigenvalue weighted by Crippen LogP contribution is 2.30. The van der Waals surface area contributed by atoms with Gasteiger partial charge in [-0.15, -0.1) is 0 Å². The number of carbonyl (C=O) groups excluding carboxylic acids is 1. The van der Waals surface area contributed by atoms with Crippen LogP contribution in [0, 0.1) is 0 Å². The van der Waals surface area contributed by atoms with Crippen molar-refractivity contribution in [2.75, 3.05) is 6.54 Å². The molecule has 1 aromatic carbocycles. The first-order valence-electron chi connectivity index (χ1n) is 7.12. The Morgan fingerprint density at radius 2 is 1.95 bits per heavy atom. The Morgan fingerprint density at radius 3 is 2.55 bits per heavy atom. The fourth-order valence-corrected chi connectivity index (χ4v) is 2.51. The molecule has 2 rings (SSSR count). The Balaban J connectivity index is 2.11. The molecular weight excluding hydrogens is 250 g/mol. The van der Waals surface area contributed by atoms with Gasteiger partial charge in [-0.05, 0) is 44.7 Å². The van der Waals surface area contributed by atoms with E-state index in [0.29, 0.717) is 0 Å². The fourth-order valence-electron chi connectivity index (χ4n) is 2.51. The number of likely N-dealkylation sites (tertiary alicyclic amines) is 1. The van der Waals surface area contributed by atoms with Gasteiger partial charge in [0, 0.05) is 6.54 Å². The zero-order valence-electron chi connectivity index (χ0n) is 12.6. The van der Waals surface area contributed by atoms with Crippen LogP contribution in [0.3, 0.4) is 0 Å². The molecule has 3 nitrogen and oxygen atoms in total. The summed E-state index contributed by atoms with van der Waals surface area (Å²) in [7, 11) is 0. The number of hydrogen-bond donors (Lipinski definition) is 0. The molecule has 3 heteroatoms. The molecule has 1 aliphatic heterocycles. The summed E-state index contributed by atoms with van der Waals surface area (Å²) in [5.74, 6) is 0. The van der Waals surface area contributed by atoms with Gasteiger partial charge in [-0.2, -0.15) is 0 Å². The van der Waals surface area contributed by atoms with Crippen molar-refractivity contribution in [2.45, 2.75) is 45.3 Å². The van der Waals surface area contributed by atoms with Crippen molar-refractivity contribution in [3.8, 4) is 0 Å². The van der Waals surface area contributed by atoms with Crippen LogP contribution in [0.5, 0.6) is 0 Å². The molecule has 1 atom stereocenters. The lowest BCUT2D eigenvalue weighted by Gasteiger charge is -2.29. The molecule has 1 saturated heterocycles. The normalized spacial score (nSPS) is 18.9. The van der Waals surface area contributed by atoms with Crippen LogP contribution in [-0.2, 0) is 4.74 Å². The van der Waals surface area contributed by atoms with Gasteiger partial charge in [0.2, 0.25) is 0 Å². The molecule has 1 unspecified atom stereocenters. The lowest BCUT2D eigenvalue weighted by atomic mass is 9.98. The summed E-state index contributed by atoms with van der Waals surface area (Å²) in [6.07, 6.45) is 1.71. The highest BCUT2D eigenvalue weighted by atomic mass is 16.6. The Labute approximate surface area is 121 Å². The third-order valence-corrected chi connectivity index (χ3v) is 3.43. The van der Waals surface area contributed by atoms with Gasteiger partial charge in [0.1, 0.15) is 5.60 Å². The number of amides is 1. The van der Waals surface area contributed by atoms with Crippen molar-refractivity contribution in [1.82, 2.24) is 4.90 Å². The van der Waals surface area contributed by atoms with E-state index in [1.165, 1.54) is 0 Å². The highest BCUT2D eigenvalue weighted by Gasteiger charge is 2.33. The van der Waals surface area contributed by atoms with Crippen LogP contribution in [0.2, 0.25) is 0 Å². The number of hydrogen-bond acceptors (Lipinski definition) is 2. The monoisotopic (exact) mass is 273 g/mol. The zero-order valence-corrected chi connectivity index (χ0v) is 12.6. The zero-order chi connectivity index (χ0) is 14.8. The van der Waals surface area contributed by atoms with E-state index in [9.17, 15) is 4.79 Å². The Morgan fingerprint density at radius 1 is 1.30 bits per heavy atom. The summed E-state index contributed by atoms with van der Waals surface area (Å²) < 4.78 is 5.48. The molecular formula is C17H23NO2. The Kier molecular flexibility index (Phi) is 4.17. The van der Waals surface area contributed by atoms with Crippen molar-refractivity contribution < 1.29 is 9.53 Å². The van der Waals surface area contributed by atoms with E-state index in [1.807, 2.05) is 51.1 Å². The molecule has 108 valence electrons. The number of benzene rings is 1. The van der Waals surface area contributed by atoms with Crippen LogP contribution in [0.15, 0.2) is 36.9 Å². The molecule has 1 aliphatic rings. The third-order valence-electron chi connectivity index (χ3n) is 3.43. The smallest absolute Gasteiger partial charge is 0.410 e. The van der Waals surface area contributed by atoms with E-state index < -0.39 is 5.60 Å². The minimum absolute atomic E-state index is 0.0484. The molecule has 0 aromatic heterocycles. The first-order chi connectivity index (χ1) is 9.38. The quantitative estimate of drug-likeness (QED) is 0.812. The lowest BCUT2D eigenvalue weighted by molar-refractivity contribution is 0.0261. The van der Waals surface area contributed by atoms with Crippen molar-refractivity contribution in [3.63, 3.8) is 0 Å². The van der Waals surface area contributed by atoms with Gasteiger partial charge in [0.05, 0.1) is 6.04 Å². The average molecular weight is 273 g/mol. The van der Waals surface area contributed by atoms with Crippen LogP contribution < -0.4 is 0 Å². The second kappa shape index (κ2) is 5.70. The number of nitrogens with zero attached hydrogens (tertiary/aromatic N) is 1. The van der Waals surface area contributed by atoms with E-state index in [2.05, 4.69) is 6.58 Å². The van der Waals surface area contributed by atoms with Crippen molar-refractivity contribution in [3.05, 3.63) is 42.5 Å². The Hall–Kier alpha value is -1.77. The minimum Gasteiger partial charge on any atom is -0.444 e. The number of ether oxygens (including phenoxy) is 1. The van der Waals surface area contributed by atoms with Crippen LogP contribution in [0.4, 0.5) is 4.79 Å². The summed E-state index contributed by atoms with van der Waals surface area (Å²) in [5, 5.41) is 0. The van der Waals surface area contributed by atoms with Gasteiger partial charge >= 0.3 is 6.09 Å². The van der Waals surface area contributed by atoms with Gasteiger partial charge in [0.15, 0.2) is 0 Å². The summed E-state index contributed by atoms with van der Waals surface area (Å²) in [6, 6.07) is 10.1. The van der Waals surface area contributed by atoms with Crippen molar-refractivity contribution in [2.24, 2.45) is 0 Å². The van der Waals surface area contributed by atoms with E-state index >= 15 is 0 Å². The van der Waals surface area contributed by atoms with Gasteiger partial charge in [-0.1, -0.05) is 36.9 Å². The minimum atomic E-state index is -0.460. The Bertz CT molecular complexity index is 487. The molecule has 20 heavy (non-hydrogen) atoms. The largest absolute Gasteiger partial charge is 0.444 e. The van der Waals surface area contributed by atoms with Gasteiger partial charge in [-0.3, -0.25) is 0 Å². The first kappa shape index (κ1) is 14.6. The first-order valence-corrected chi connectivity index (χ1v) is 7.12. The summed E-state index contributed by atoms with van der Waals surface area (Å²) in [4.78, 5) is 14.1. The van der Waals surface area contributed by atoms with E-state index in [4.69, 9.17) is 4.74 Å². The van der Waals surface area contributed by atoms with Crippen LogP contribution in [0.1, 0.15) is 39.2 Å². The topological polar surface area (TPSA) is 29.5 Å². The van der Waals surface area contributed by atoms with Gasteiger partial charge in [0.25, 0.3) is 0 Å². The third kappa shape index (κ3) is 3.41. The van der Waals surface area contributed by atoms with Gasteiger partial charge < -0.3 is 9.64 Å². The molecule has 1 amide bonds. The molecule has 1 heterocycles. The molecule has 0 spiro atoms. The lowest BCUT2D eigenvalue weighted by Crippen LogP contribution is -2.40. The maximum atomic E-state index is 12.3. The van der Waals surface area contributed by atoms with E-state index in [0.717, 1.165) is 30.5 Å². The molecule has 0 bridgehead atoms. The molecule has 0 N–H and O–H groups in total. The standard InChI is InChI=1S/C17H23NO2/c1-13(14-9-6-5-7-10-14)15-11-8-12-18(15)16(19)20-17(2,3)4/h5-7,9-10,15H,1,8,11-12H2,2-4H3. The molecule has 1 aromatic rings. The summed E-state index contributed by atoms with van der Waals surface area (Å²) >= 11 is 0. The van der Waals surface area contributed by atoms with Crippen LogP contribution in [-0.4, -0.2) is 29.2 Å². The summed E-state index contributed by atoms with van der Waals surface area (Å²) in [5.41, 5.74) is 1.63.